The van der Waals surface area contributed by atoms with Crippen molar-refractivity contribution in [1.29, 1.82) is 0 Å². The first-order chi connectivity index (χ1) is 7.29. The van der Waals surface area contributed by atoms with Crippen molar-refractivity contribution in [1.82, 2.24) is 10.2 Å². The highest BCUT2D eigenvalue weighted by molar-refractivity contribution is 5.78. The lowest BCUT2D eigenvalue weighted by atomic mass is 10.3. The molecule has 1 N–H and O–H groups in total. The second-order valence-corrected chi connectivity index (χ2v) is 3.95. The van der Waals surface area contributed by atoms with Gasteiger partial charge >= 0.3 is 0 Å². The zero-order valence-electron chi connectivity index (χ0n) is 9.83. The molecule has 0 unspecified atom stereocenters. The minimum Gasteiger partial charge on any atom is -0.339 e. The lowest BCUT2D eigenvalue weighted by Crippen LogP contribution is -2.39. The zero-order chi connectivity index (χ0) is 11.1. The van der Waals surface area contributed by atoms with Crippen LogP contribution in [0.2, 0.25) is 0 Å². The Morgan fingerprint density at radius 3 is 2.80 bits per heavy atom. The molecule has 1 amide bonds. The number of carbonyl (C=O) groups excluding carboxylic acids is 1. The van der Waals surface area contributed by atoms with E-state index in [4.69, 9.17) is 0 Å². The third-order valence-corrected chi connectivity index (χ3v) is 2.65. The van der Waals surface area contributed by atoms with E-state index in [1.54, 1.807) is 0 Å². The molecule has 0 aromatic carbocycles. The van der Waals surface area contributed by atoms with Gasteiger partial charge in [0.1, 0.15) is 0 Å². The average molecular weight is 210 g/mol. The second kappa shape index (κ2) is 6.62. The topological polar surface area (TPSA) is 32.3 Å². The van der Waals surface area contributed by atoms with Crippen molar-refractivity contribution in [2.45, 2.75) is 39.2 Å². The maximum atomic E-state index is 11.7. The SMILES string of the molecule is C/C=C/CCNCC(=O)N(CC)C1CC1. The van der Waals surface area contributed by atoms with Crippen LogP contribution in [0.15, 0.2) is 12.2 Å². The van der Waals surface area contributed by atoms with Gasteiger partial charge in [0, 0.05) is 12.6 Å². The van der Waals surface area contributed by atoms with E-state index in [2.05, 4.69) is 18.3 Å². The molecular weight excluding hydrogens is 188 g/mol. The summed E-state index contributed by atoms with van der Waals surface area (Å²) in [6, 6.07) is 0.542. The van der Waals surface area contributed by atoms with Crippen molar-refractivity contribution in [3.63, 3.8) is 0 Å². The Labute approximate surface area is 92.5 Å². The van der Waals surface area contributed by atoms with Crippen LogP contribution < -0.4 is 5.32 Å². The first kappa shape index (κ1) is 12.2. The first-order valence-electron chi connectivity index (χ1n) is 5.91. The molecule has 1 aliphatic rings. The van der Waals surface area contributed by atoms with Gasteiger partial charge in [0.25, 0.3) is 0 Å². The summed E-state index contributed by atoms with van der Waals surface area (Å²) in [5, 5.41) is 3.17. The van der Waals surface area contributed by atoms with Crippen molar-refractivity contribution in [2.24, 2.45) is 0 Å². The molecule has 0 aromatic heterocycles. The molecule has 0 aromatic rings. The fourth-order valence-electron chi connectivity index (χ4n) is 1.67. The van der Waals surface area contributed by atoms with E-state index in [-0.39, 0.29) is 5.91 Å². The monoisotopic (exact) mass is 210 g/mol. The molecule has 3 nitrogen and oxygen atoms in total. The highest BCUT2D eigenvalue weighted by atomic mass is 16.2. The second-order valence-electron chi connectivity index (χ2n) is 3.95. The van der Waals surface area contributed by atoms with Crippen LogP contribution in [0.4, 0.5) is 0 Å². The van der Waals surface area contributed by atoms with E-state index in [1.807, 2.05) is 17.9 Å². The number of nitrogens with one attached hydrogen (secondary N) is 1. The molecule has 0 aliphatic heterocycles. The summed E-state index contributed by atoms with van der Waals surface area (Å²) in [5.74, 6) is 0.250. The van der Waals surface area contributed by atoms with Crippen LogP contribution in [-0.2, 0) is 4.79 Å². The van der Waals surface area contributed by atoms with Gasteiger partial charge in [-0.2, -0.15) is 0 Å². The number of hydrogen-bond acceptors (Lipinski definition) is 2. The summed E-state index contributed by atoms with van der Waals surface area (Å²) in [4.78, 5) is 13.7. The molecule has 0 saturated heterocycles. The van der Waals surface area contributed by atoms with Crippen molar-refractivity contribution in [2.75, 3.05) is 19.6 Å². The number of allylic oxidation sites excluding steroid dienone is 1. The van der Waals surface area contributed by atoms with Gasteiger partial charge in [0.05, 0.1) is 6.54 Å². The molecule has 15 heavy (non-hydrogen) atoms. The van der Waals surface area contributed by atoms with Crippen LogP contribution in [0.25, 0.3) is 0 Å². The van der Waals surface area contributed by atoms with Gasteiger partial charge in [-0.3, -0.25) is 4.79 Å². The van der Waals surface area contributed by atoms with Crippen LogP contribution in [0.1, 0.15) is 33.1 Å². The lowest BCUT2D eigenvalue weighted by molar-refractivity contribution is -0.130. The molecule has 0 bridgehead atoms. The van der Waals surface area contributed by atoms with Crippen LogP contribution in [0.5, 0.6) is 0 Å². The zero-order valence-corrected chi connectivity index (χ0v) is 9.83. The fourth-order valence-corrected chi connectivity index (χ4v) is 1.67. The van der Waals surface area contributed by atoms with E-state index in [0.717, 1.165) is 19.5 Å². The van der Waals surface area contributed by atoms with Gasteiger partial charge in [0.2, 0.25) is 5.91 Å². The van der Waals surface area contributed by atoms with E-state index in [9.17, 15) is 4.79 Å². The Hall–Kier alpha value is -0.830. The number of amides is 1. The summed E-state index contributed by atoms with van der Waals surface area (Å²) in [5.41, 5.74) is 0. The normalized spacial score (nSPS) is 15.9. The highest BCUT2D eigenvalue weighted by Crippen LogP contribution is 2.26. The number of hydrogen-bond donors (Lipinski definition) is 1. The molecular formula is C12H22N2O. The first-order valence-corrected chi connectivity index (χ1v) is 5.91. The van der Waals surface area contributed by atoms with Gasteiger partial charge in [-0.1, -0.05) is 12.2 Å². The van der Waals surface area contributed by atoms with Crippen LogP contribution in [0.3, 0.4) is 0 Å². The number of carbonyl (C=O) groups is 1. The lowest BCUT2D eigenvalue weighted by Gasteiger charge is -2.20. The van der Waals surface area contributed by atoms with Crippen LogP contribution in [0, 0.1) is 0 Å². The van der Waals surface area contributed by atoms with Gasteiger partial charge in [-0.05, 0) is 39.7 Å². The predicted molar refractivity (Wildman–Crippen MR) is 62.7 cm³/mol. The fraction of sp³-hybridized carbons (Fsp3) is 0.750. The third kappa shape index (κ3) is 4.47. The number of rotatable bonds is 7. The van der Waals surface area contributed by atoms with Crippen molar-refractivity contribution in [3.05, 3.63) is 12.2 Å². The van der Waals surface area contributed by atoms with Gasteiger partial charge in [0.15, 0.2) is 0 Å². The van der Waals surface area contributed by atoms with Gasteiger partial charge < -0.3 is 10.2 Å². The summed E-state index contributed by atoms with van der Waals surface area (Å²) < 4.78 is 0. The Kier molecular flexibility index (Phi) is 5.40. The number of nitrogens with zero attached hydrogens (tertiary/aromatic N) is 1. The quantitative estimate of drug-likeness (QED) is 0.511. The molecule has 1 saturated carbocycles. The Balaban J connectivity index is 2.11. The predicted octanol–water partition coefficient (Wildman–Crippen LogP) is 1.55. The van der Waals surface area contributed by atoms with E-state index >= 15 is 0 Å². The highest BCUT2D eigenvalue weighted by Gasteiger charge is 2.30. The maximum absolute atomic E-state index is 11.7. The largest absolute Gasteiger partial charge is 0.339 e. The van der Waals surface area contributed by atoms with Gasteiger partial charge in [-0.25, -0.2) is 0 Å². The smallest absolute Gasteiger partial charge is 0.236 e. The number of likely N-dealkylation sites (N-methyl/N-ethyl adjacent to an activating group) is 1. The minimum absolute atomic E-state index is 0.250. The summed E-state index contributed by atoms with van der Waals surface area (Å²) in [6.07, 6.45) is 7.53. The van der Waals surface area contributed by atoms with E-state index in [0.29, 0.717) is 12.6 Å². The molecule has 0 radical (unpaired) electrons. The molecule has 1 fully saturated rings. The average Bonchev–Trinajstić information content (AvgIpc) is 3.03. The Morgan fingerprint density at radius 2 is 2.27 bits per heavy atom. The minimum atomic E-state index is 0.250. The third-order valence-electron chi connectivity index (χ3n) is 2.65. The molecule has 0 heterocycles. The van der Waals surface area contributed by atoms with Crippen molar-refractivity contribution < 1.29 is 4.79 Å². The molecule has 0 spiro atoms. The van der Waals surface area contributed by atoms with Crippen LogP contribution in [-0.4, -0.2) is 36.5 Å². The van der Waals surface area contributed by atoms with Crippen molar-refractivity contribution >= 4 is 5.91 Å². The molecule has 1 rings (SSSR count). The summed E-state index contributed by atoms with van der Waals surface area (Å²) in [7, 11) is 0. The summed E-state index contributed by atoms with van der Waals surface area (Å²) >= 11 is 0. The van der Waals surface area contributed by atoms with E-state index < -0.39 is 0 Å². The van der Waals surface area contributed by atoms with Gasteiger partial charge in [-0.15, -0.1) is 0 Å². The Bertz CT molecular complexity index is 222. The van der Waals surface area contributed by atoms with Crippen LogP contribution >= 0.6 is 0 Å². The maximum Gasteiger partial charge on any atom is 0.236 e. The summed E-state index contributed by atoms with van der Waals surface area (Å²) in [6.45, 7) is 6.29. The van der Waals surface area contributed by atoms with Crippen molar-refractivity contribution in [3.8, 4) is 0 Å². The molecule has 1 aliphatic carbocycles. The molecule has 3 heteroatoms. The van der Waals surface area contributed by atoms with E-state index in [1.165, 1.54) is 12.8 Å². The standard InChI is InChI=1S/C12H22N2O/c1-3-5-6-9-13-10-12(15)14(4-2)11-7-8-11/h3,5,11,13H,4,6-10H2,1-2H3/b5-3+. The Morgan fingerprint density at radius 1 is 1.53 bits per heavy atom. The molecule has 86 valence electrons. The molecule has 0 atom stereocenters.